The standard InChI is InChI=1S/C32H36N4O2/c1-21-15-17-23(18-16-21)33-32(38)35-28-14-8-6-12-25(28)31(37)36-20-19-26-29(22-9-3-2-4-10-22)34-27-13-7-5-11-24(27)30(26)36/h2-5,7,9-11,13,15-18,25-26,28-30,34H,6,8,12,14,19-20H2,1H3,(H2,33,35,38)/t25-,26+,28+,29-,30-/m0/s1. The Morgan fingerprint density at radius 3 is 2.42 bits per heavy atom. The summed E-state index contributed by atoms with van der Waals surface area (Å²) in [4.78, 5) is 29.2. The van der Waals surface area contributed by atoms with Crippen molar-refractivity contribution < 1.29 is 9.59 Å². The molecule has 0 radical (unpaired) electrons. The Balaban J connectivity index is 1.23. The molecular weight excluding hydrogens is 472 g/mol. The number of fused-ring (bicyclic) bond motifs is 3. The zero-order chi connectivity index (χ0) is 26.1. The van der Waals surface area contributed by atoms with Gasteiger partial charge in [0.05, 0.1) is 18.0 Å². The average molecular weight is 509 g/mol. The second-order valence-electron chi connectivity index (χ2n) is 11.0. The first-order valence-corrected chi connectivity index (χ1v) is 13.9. The van der Waals surface area contributed by atoms with Crippen molar-refractivity contribution in [3.8, 4) is 0 Å². The highest BCUT2D eigenvalue weighted by molar-refractivity contribution is 5.90. The molecule has 6 rings (SSSR count). The number of carbonyl (C=O) groups excluding carboxylic acids is 2. The molecule has 2 aliphatic heterocycles. The Labute approximate surface area is 224 Å². The summed E-state index contributed by atoms with van der Waals surface area (Å²) in [6.45, 7) is 2.76. The maximum absolute atomic E-state index is 14.2. The largest absolute Gasteiger partial charge is 0.378 e. The number of para-hydroxylation sites is 1. The highest BCUT2D eigenvalue weighted by Crippen LogP contribution is 2.51. The zero-order valence-electron chi connectivity index (χ0n) is 21.9. The first-order chi connectivity index (χ1) is 18.6. The van der Waals surface area contributed by atoms with Crippen molar-refractivity contribution in [3.63, 3.8) is 0 Å². The molecule has 6 heteroatoms. The van der Waals surface area contributed by atoms with Crippen LogP contribution in [0.25, 0.3) is 0 Å². The summed E-state index contributed by atoms with van der Waals surface area (Å²) >= 11 is 0. The van der Waals surface area contributed by atoms with E-state index in [1.54, 1.807) is 0 Å². The van der Waals surface area contributed by atoms with Crippen molar-refractivity contribution in [2.45, 2.75) is 57.2 Å². The van der Waals surface area contributed by atoms with Gasteiger partial charge in [0, 0.05) is 29.9 Å². The summed E-state index contributed by atoms with van der Waals surface area (Å²) in [5.74, 6) is 0.279. The second-order valence-corrected chi connectivity index (χ2v) is 11.0. The number of likely N-dealkylation sites (tertiary alicyclic amines) is 1. The fraction of sp³-hybridized carbons (Fsp3) is 0.375. The summed E-state index contributed by atoms with van der Waals surface area (Å²) in [6.07, 6.45) is 4.62. The van der Waals surface area contributed by atoms with Crippen LogP contribution in [0.5, 0.6) is 0 Å². The minimum Gasteiger partial charge on any atom is -0.378 e. The summed E-state index contributed by atoms with van der Waals surface area (Å²) in [5.41, 5.74) is 5.47. The summed E-state index contributed by atoms with van der Waals surface area (Å²) < 4.78 is 0. The van der Waals surface area contributed by atoms with E-state index in [-0.39, 0.29) is 36.0 Å². The van der Waals surface area contributed by atoms with Gasteiger partial charge in [-0.05, 0) is 55.5 Å². The molecule has 1 saturated heterocycles. The number of urea groups is 1. The average Bonchev–Trinajstić information content (AvgIpc) is 3.40. The number of nitrogens with zero attached hydrogens (tertiary/aromatic N) is 1. The van der Waals surface area contributed by atoms with Gasteiger partial charge in [0.25, 0.3) is 0 Å². The van der Waals surface area contributed by atoms with E-state index >= 15 is 0 Å². The van der Waals surface area contributed by atoms with Gasteiger partial charge in [0.15, 0.2) is 0 Å². The molecule has 3 amide bonds. The predicted molar refractivity (Wildman–Crippen MR) is 151 cm³/mol. The lowest BCUT2D eigenvalue weighted by molar-refractivity contribution is -0.138. The van der Waals surface area contributed by atoms with Crippen LogP contribution < -0.4 is 16.0 Å². The van der Waals surface area contributed by atoms with Gasteiger partial charge in [-0.25, -0.2) is 4.79 Å². The molecule has 0 spiro atoms. The van der Waals surface area contributed by atoms with Crippen LogP contribution in [0, 0.1) is 18.8 Å². The van der Waals surface area contributed by atoms with Crippen LogP contribution in [0.15, 0.2) is 78.9 Å². The molecule has 3 aromatic rings. The van der Waals surface area contributed by atoms with Crippen molar-refractivity contribution in [1.29, 1.82) is 0 Å². The first kappa shape index (κ1) is 24.5. The third-order valence-electron chi connectivity index (χ3n) is 8.61. The normalized spacial score (nSPS) is 26.0. The number of benzene rings is 3. The van der Waals surface area contributed by atoms with Crippen LogP contribution in [0.4, 0.5) is 16.2 Å². The molecule has 1 aliphatic carbocycles. The van der Waals surface area contributed by atoms with Crippen LogP contribution in [-0.2, 0) is 4.79 Å². The van der Waals surface area contributed by atoms with Crippen LogP contribution in [0.3, 0.4) is 0 Å². The van der Waals surface area contributed by atoms with E-state index in [4.69, 9.17) is 0 Å². The number of hydrogen-bond acceptors (Lipinski definition) is 3. The number of amides is 3. The quantitative estimate of drug-likeness (QED) is 0.380. The molecule has 0 aromatic heterocycles. The minimum absolute atomic E-state index is 0.0362. The van der Waals surface area contributed by atoms with Crippen LogP contribution >= 0.6 is 0 Å². The van der Waals surface area contributed by atoms with E-state index in [0.29, 0.717) is 5.92 Å². The first-order valence-electron chi connectivity index (χ1n) is 13.9. The Morgan fingerprint density at radius 1 is 0.868 bits per heavy atom. The maximum atomic E-state index is 14.2. The van der Waals surface area contributed by atoms with Gasteiger partial charge in [0.1, 0.15) is 0 Å². The molecule has 3 N–H and O–H groups in total. The SMILES string of the molecule is Cc1ccc(NC(=O)N[C@@H]2CCCC[C@@H]2C(=O)N2CC[C@@H]3[C@H](c4ccccc4)Nc4ccccc4[C@@H]32)cc1. The lowest BCUT2D eigenvalue weighted by atomic mass is 9.79. The van der Waals surface area contributed by atoms with E-state index in [1.165, 1.54) is 11.1 Å². The van der Waals surface area contributed by atoms with Crippen molar-refractivity contribution in [2.75, 3.05) is 17.2 Å². The summed E-state index contributed by atoms with van der Waals surface area (Å²) in [5, 5.41) is 9.88. The topological polar surface area (TPSA) is 73.5 Å². The Morgan fingerprint density at radius 2 is 1.61 bits per heavy atom. The van der Waals surface area contributed by atoms with Gasteiger partial charge < -0.3 is 20.9 Å². The summed E-state index contributed by atoms with van der Waals surface area (Å²) in [7, 11) is 0. The van der Waals surface area contributed by atoms with Gasteiger partial charge >= 0.3 is 6.03 Å². The van der Waals surface area contributed by atoms with Crippen molar-refractivity contribution in [3.05, 3.63) is 95.6 Å². The molecular formula is C32H36N4O2. The zero-order valence-corrected chi connectivity index (χ0v) is 21.9. The van der Waals surface area contributed by atoms with E-state index in [2.05, 4.69) is 69.4 Å². The molecule has 38 heavy (non-hydrogen) atoms. The molecule has 2 heterocycles. The lowest BCUT2D eigenvalue weighted by Crippen LogP contribution is -2.51. The number of rotatable bonds is 4. The number of nitrogens with one attached hydrogen (secondary N) is 3. The van der Waals surface area contributed by atoms with Gasteiger partial charge in [0.2, 0.25) is 5.91 Å². The lowest BCUT2D eigenvalue weighted by Gasteiger charge is -2.42. The smallest absolute Gasteiger partial charge is 0.319 e. The van der Waals surface area contributed by atoms with E-state index in [1.807, 2.05) is 37.3 Å². The fourth-order valence-corrected chi connectivity index (χ4v) is 6.75. The molecule has 3 aliphatic rings. The molecule has 0 unspecified atom stereocenters. The molecule has 5 atom stereocenters. The number of anilines is 2. The van der Waals surface area contributed by atoms with E-state index in [9.17, 15) is 9.59 Å². The highest BCUT2D eigenvalue weighted by Gasteiger charge is 2.48. The Hall–Kier alpha value is -3.80. The Bertz CT molecular complexity index is 1290. The second kappa shape index (κ2) is 10.5. The third kappa shape index (κ3) is 4.75. The predicted octanol–water partition coefficient (Wildman–Crippen LogP) is 6.43. The molecule has 1 saturated carbocycles. The molecule has 6 nitrogen and oxygen atoms in total. The van der Waals surface area contributed by atoms with E-state index < -0.39 is 0 Å². The monoisotopic (exact) mass is 508 g/mol. The number of carbonyl (C=O) groups is 2. The molecule has 196 valence electrons. The van der Waals surface area contributed by atoms with Crippen molar-refractivity contribution >= 4 is 23.3 Å². The summed E-state index contributed by atoms with van der Waals surface area (Å²) in [6, 6.07) is 26.6. The van der Waals surface area contributed by atoms with Crippen LogP contribution in [0.1, 0.15) is 60.9 Å². The Kier molecular flexibility index (Phi) is 6.79. The van der Waals surface area contributed by atoms with Gasteiger partial charge in [-0.2, -0.15) is 0 Å². The molecule has 2 fully saturated rings. The van der Waals surface area contributed by atoms with Gasteiger partial charge in [-0.3, -0.25) is 4.79 Å². The van der Waals surface area contributed by atoms with Crippen LogP contribution in [-0.4, -0.2) is 29.4 Å². The van der Waals surface area contributed by atoms with Gasteiger partial charge in [-0.15, -0.1) is 0 Å². The van der Waals surface area contributed by atoms with Crippen LogP contribution in [0.2, 0.25) is 0 Å². The minimum atomic E-state index is -0.241. The maximum Gasteiger partial charge on any atom is 0.319 e. The third-order valence-corrected chi connectivity index (χ3v) is 8.61. The van der Waals surface area contributed by atoms with Crippen molar-refractivity contribution in [2.24, 2.45) is 11.8 Å². The van der Waals surface area contributed by atoms with Crippen molar-refractivity contribution in [1.82, 2.24) is 10.2 Å². The van der Waals surface area contributed by atoms with Gasteiger partial charge in [-0.1, -0.05) is 79.1 Å². The number of hydrogen-bond donors (Lipinski definition) is 3. The number of aryl methyl sites for hydroxylation is 1. The highest BCUT2D eigenvalue weighted by atomic mass is 16.2. The fourth-order valence-electron chi connectivity index (χ4n) is 6.75. The molecule has 3 aromatic carbocycles. The van der Waals surface area contributed by atoms with E-state index in [0.717, 1.165) is 55.6 Å². The molecule has 0 bridgehead atoms.